The van der Waals surface area contributed by atoms with Crippen molar-refractivity contribution >= 4 is 13.7 Å². The Hall–Kier alpha value is -0.0200. The lowest BCUT2D eigenvalue weighted by atomic mass is 11.5. The second kappa shape index (κ2) is 2.33. The van der Waals surface area contributed by atoms with E-state index in [2.05, 4.69) is 0 Å². The molecule has 0 aromatic carbocycles. The first-order valence-electron chi connectivity index (χ1n) is 1.62. The molecule has 0 aliphatic carbocycles. The van der Waals surface area contributed by atoms with E-state index in [1.165, 1.54) is 0 Å². The van der Waals surface area contributed by atoms with Gasteiger partial charge in [-0.15, -0.1) is 0 Å². The Morgan fingerprint density at radius 1 is 1.71 bits per heavy atom. The summed E-state index contributed by atoms with van der Waals surface area (Å²) in [5.41, 5.74) is 4.73. The largest absolute Gasteiger partial charge is 0.348 e. The van der Waals surface area contributed by atoms with Gasteiger partial charge in [-0.25, -0.2) is 9.79 Å². The van der Waals surface area contributed by atoms with E-state index in [9.17, 15) is 4.79 Å². The third-order valence-electron chi connectivity index (χ3n) is 0.438. The van der Waals surface area contributed by atoms with Gasteiger partial charge in [0.15, 0.2) is 6.29 Å². The summed E-state index contributed by atoms with van der Waals surface area (Å²) in [7, 11) is -3.31. The number of hydrogen-bond donors (Lipinski definition) is 3. The van der Waals surface area contributed by atoms with Crippen LogP contribution in [0, 0.1) is 0 Å². The Morgan fingerprint density at radius 2 is 2.14 bits per heavy atom. The van der Waals surface area contributed by atoms with Gasteiger partial charge in [0, 0.05) is 0 Å². The van der Waals surface area contributed by atoms with E-state index in [0.717, 1.165) is 0 Å². The Labute approximate surface area is 41.5 Å². The van der Waals surface area contributed by atoms with Crippen LogP contribution in [-0.4, -0.2) is 22.1 Å². The van der Waals surface area contributed by atoms with Crippen molar-refractivity contribution < 1.29 is 14.6 Å². The monoisotopic (exact) mass is 124 g/mol. The van der Waals surface area contributed by atoms with Gasteiger partial charge >= 0.3 is 13.7 Å². The molecule has 0 atom stereocenters. The summed E-state index contributed by atoms with van der Waals surface area (Å²) in [6, 6.07) is 0.0903. The topological polar surface area (TPSA) is 83.6 Å². The number of carbonyl (C=O) groups is 1. The van der Waals surface area contributed by atoms with Crippen LogP contribution < -0.4 is 5.73 Å². The second-order valence-corrected chi connectivity index (χ2v) is 3.22. The normalized spacial score (nSPS) is 11.3. The first-order chi connectivity index (χ1) is 3.12. The number of rotatable bonds is 2. The van der Waals surface area contributed by atoms with Crippen LogP contribution in [0.5, 0.6) is 0 Å². The summed E-state index contributed by atoms with van der Waals surface area (Å²) in [6.45, 7) is 0. The number of hydrogen-bond acceptors (Lipinski definition) is 4. The summed E-state index contributed by atoms with van der Waals surface area (Å²) < 4.78 is 0. The number of carbonyl (C=O) groups excluding carboxylic acids is 1. The fourth-order valence-corrected chi connectivity index (χ4v) is 0.129. The minimum atomic E-state index is -3.31. The summed E-state index contributed by atoms with van der Waals surface area (Å²) in [6.07, 6.45) is -0.351. The Bertz CT molecular complexity index is 73.3. The molecule has 0 heterocycles. The highest BCUT2D eigenvalue weighted by molar-refractivity contribution is 7.78. The first-order valence-corrected chi connectivity index (χ1v) is 3.57. The van der Waals surface area contributed by atoms with Crippen LogP contribution in [0.15, 0.2) is 0 Å². The molecule has 4 N–H and O–H groups in total. The molecule has 0 saturated carbocycles. The maximum atomic E-state index is 9.53. The number of nitrogens with two attached hydrogens (primary N) is 1. The SMILES string of the molecule is NC[P+](O)(O)C=O. The maximum absolute atomic E-state index is 9.53. The summed E-state index contributed by atoms with van der Waals surface area (Å²) in [5, 5.41) is 0. The quantitative estimate of drug-likeness (QED) is 0.323. The predicted octanol–water partition coefficient (Wildman–Crippen LogP) is -1.08. The molecule has 42 valence electrons. The molecule has 0 radical (unpaired) electrons. The Morgan fingerprint density at radius 3 is 2.14 bits per heavy atom. The van der Waals surface area contributed by atoms with Gasteiger partial charge < -0.3 is 0 Å². The molecular weight excluding hydrogens is 117 g/mol. The van der Waals surface area contributed by atoms with E-state index in [1.807, 2.05) is 0 Å². The summed E-state index contributed by atoms with van der Waals surface area (Å²) in [5.74, 6) is 0. The lowest BCUT2D eigenvalue weighted by Crippen LogP contribution is -2.05. The third kappa shape index (κ3) is 2.65. The van der Waals surface area contributed by atoms with E-state index < -0.39 is 7.72 Å². The van der Waals surface area contributed by atoms with Gasteiger partial charge in [-0.05, 0) is 0 Å². The standard InChI is InChI=1S/C2H7NO3P/c3-1-7(5,6)2-4/h2,5-6H,1,3H2/q+1. The highest BCUT2D eigenvalue weighted by atomic mass is 31.2. The maximum Gasteiger partial charge on any atom is 0.348 e. The summed E-state index contributed by atoms with van der Waals surface area (Å²) in [4.78, 5) is 26.1. The lowest BCUT2D eigenvalue weighted by Gasteiger charge is -1.96. The zero-order valence-corrected chi connectivity index (χ0v) is 4.51. The van der Waals surface area contributed by atoms with E-state index in [4.69, 9.17) is 15.5 Å². The van der Waals surface area contributed by atoms with Crippen LogP contribution in [0.4, 0.5) is 0 Å². The van der Waals surface area contributed by atoms with Crippen LogP contribution in [-0.2, 0) is 4.79 Å². The van der Waals surface area contributed by atoms with Crippen LogP contribution in [0.1, 0.15) is 0 Å². The average Bonchev–Trinajstić information content (AvgIpc) is 1.68. The zero-order chi connectivity index (χ0) is 5.91. The van der Waals surface area contributed by atoms with E-state index in [-0.39, 0.29) is 12.3 Å². The smallest absolute Gasteiger partial charge is 0.294 e. The van der Waals surface area contributed by atoms with Crippen molar-refractivity contribution in [1.29, 1.82) is 0 Å². The van der Waals surface area contributed by atoms with Crippen LogP contribution in [0.3, 0.4) is 0 Å². The van der Waals surface area contributed by atoms with E-state index >= 15 is 0 Å². The molecule has 0 aliphatic rings. The van der Waals surface area contributed by atoms with Crippen molar-refractivity contribution in [3.63, 3.8) is 0 Å². The van der Waals surface area contributed by atoms with Gasteiger partial charge in [-0.1, -0.05) is 0 Å². The molecule has 0 rings (SSSR count). The zero-order valence-electron chi connectivity index (χ0n) is 3.61. The Kier molecular flexibility index (Phi) is 2.32. The van der Waals surface area contributed by atoms with Crippen molar-refractivity contribution in [3.8, 4) is 0 Å². The molecule has 7 heavy (non-hydrogen) atoms. The van der Waals surface area contributed by atoms with Crippen molar-refractivity contribution in [1.82, 2.24) is 0 Å². The molecule has 0 aromatic rings. The van der Waals surface area contributed by atoms with E-state index in [0.29, 0.717) is 0 Å². The van der Waals surface area contributed by atoms with Crippen LogP contribution in [0.2, 0.25) is 0 Å². The fourth-order valence-electron chi connectivity index (χ4n) is 0.0430. The van der Waals surface area contributed by atoms with Gasteiger partial charge in [0.25, 0.3) is 0 Å². The fraction of sp³-hybridized carbons (Fsp3) is 0.500. The molecular formula is C2H7NO3P+. The minimum absolute atomic E-state index is 0.0903. The highest BCUT2D eigenvalue weighted by Gasteiger charge is 2.29. The average molecular weight is 124 g/mol. The predicted molar refractivity (Wildman–Crippen MR) is 27.2 cm³/mol. The summed E-state index contributed by atoms with van der Waals surface area (Å²) >= 11 is 0. The molecule has 0 aromatic heterocycles. The van der Waals surface area contributed by atoms with Gasteiger partial charge in [0.1, 0.15) is 0 Å². The Balaban J connectivity index is 3.58. The molecule has 0 saturated heterocycles. The molecule has 0 amide bonds. The highest BCUT2D eigenvalue weighted by Crippen LogP contribution is 2.43. The molecule has 4 nitrogen and oxygen atoms in total. The molecule has 0 aliphatic heterocycles. The van der Waals surface area contributed by atoms with Gasteiger partial charge in [-0.3, -0.25) is 10.5 Å². The lowest BCUT2D eigenvalue weighted by molar-refractivity contribution is 0.458. The minimum Gasteiger partial charge on any atom is -0.294 e. The van der Waals surface area contributed by atoms with Crippen molar-refractivity contribution in [2.75, 3.05) is 6.29 Å². The van der Waals surface area contributed by atoms with Gasteiger partial charge in [0.05, 0.1) is 0 Å². The first kappa shape index (κ1) is 6.98. The van der Waals surface area contributed by atoms with Crippen LogP contribution in [0.25, 0.3) is 0 Å². The van der Waals surface area contributed by atoms with Gasteiger partial charge in [0.2, 0.25) is 0 Å². The molecule has 0 spiro atoms. The molecule has 0 fully saturated rings. The third-order valence-corrected chi connectivity index (χ3v) is 1.31. The molecule has 5 heteroatoms. The van der Waals surface area contributed by atoms with Crippen LogP contribution >= 0.6 is 7.72 Å². The second-order valence-electron chi connectivity index (χ2n) is 1.07. The van der Waals surface area contributed by atoms with E-state index in [1.54, 1.807) is 0 Å². The van der Waals surface area contributed by atoms with Crippen molar-refractivity contribution in [2.45, 2.75) is 0 Å². The van der Waals surface area contributed by atoms with Gasteiger partial charge in [-0.2, -0.15) is 0 Å². The molecule has 0 unspecified atom stereocenters. The molecule has 0 bridgehead atoms. The van der Waals surface area contributed by atoms with Crippen molar-refractivity contribution in [3.05, 3.63) is 0 Å². The van der Waals surface area contributed by atoms with Crippen molar-refractivity contribution in [2.24, 2.45) is 5.73 Å².